The topological polar surface area (TPSA) is 83.1 Å². The van der Waals surface area contributed by atoms with Gasteiger partial charge in [-0.15, -0.1) is 0 Å². The molecule has 8 nitrogen and oxygen atoms in total. The van der Waals surface area contributed by atoms with Gasteiger partial charge in [-0.25, -0.2) is 13.4 Å². The molecule has 0 radical (unpaired) electrons. The molecule has 0 aliphatic rings. The molecule has 39 heavy (non-hydrogen) atoms. The van der Waals surface area contributed by atoms with Crippen molar-refractivity contribution in [1.29, 1.82) is 0 Å². The minimum Gasteiger partial charge on any atom is -0.497 e. The molecule has 1 heterocycles. The minimum absolute atomic E-state index is 0.203. The Morgan fingerprint density at radius 2 is 1.54 bits per heavy atom. The number of thiazole rings is 1. The van der Waals surface area contributed by atoms with E-state index < -0.39 is 10.0 Å². The van der Waals surface area contributed by atoms with Gasteiger partial charge in [-0.05, 0) is 68.4 Å². The lowest BCUT2D eigenvalue weighted by Crippen LogP contribution is -2.39. The van der Waals surface area contributed by atoms with Crippen molar-refractivity contribution >= 4 is 42.6 Å². The maximum Gasteiger partial charge on any atom is 0.260 e. The van der Waals surface area contributed by atoms with Crippen LogP contribution in [0.3, 0.4) is 0 Å². The van der Waals surface area contributed by atoms with E-state index >= 15 is 0 Å². The van der Waals surface area contributed by atoms with Crippen LogP contribution in [0.2, 0.25) is 0 Å². The molecule has 0 atom stereocenters. The number of aromatic nitrogens is 1. The van der Waals surface area contributed by atoms with E-state index in [9.17, 15) is 13.2 Å². The average molecular weight is 575 g/mol. The number of hydrogen-bond acceptors (Lipinski definition) is 7. The van der Waals surface area contributed by atoms with Crippen molar-refractivity contribution in [1.82, 2.24) is 14.2 Å². The van der Waals surface area contributed by atoms with Crippen LogP contribution < -0.4 is 9.64 Å². The molecule has 0 saturated carbocycles. The van der Waals surface area contributed by atoms with Gasteiger partial charge in [0.15, 0.2) is 5.13 Å². The molecule has 0 aliphatic carbocycles. The largest absolute Gasteiger partial charge is 0.497 e. The van der Waals surface area contributed by atoms with Gasteiger partial charge < -0.3 is 9.64 Å². The Balaban J connectivity index is 1.91. The molecule has 1 aromatic heterocycles. The molecule has 2 aromatic carbocycles. The van der Waals surface area contributed by atoms with Crippen LogP contribution in [0.4, 0.5) is 5.13 Å². The lowest BCUT2D eigenvalue weighted by molar-refractivity contribution is 0.0983. The fourth-order valence-electron chi connectivity index (χ4n) is 4.30. The summed E-state index contributed by atoms with van der Waals surface area (Å²) in [5.74, 6) is 0.536. The van der Waals surface area contributed by atoms with E-state index in [1.54, 1.807) is 40.6 Å². The Morgan fingerprint density at radius 1 is 0.897 bits per heavy atom. The van der Waals surface area contributed by atoms with E-state index in [0.717, 1.165) is 54.7 Å². The minimum atomic E-state index is -3.63. The molecule has 0 spiro atoms. The Hall–Kier alpha value is -2.53. The van der Waals surface area contributed by atoms with Gasteiger partial charge >= 0.3 is 0 Å². The molecule has 0 aliphatic heterocycles. The highest BCUT2D eigenvalue weighted by atomic mass is 32.2. The van der Waals surface area contributed by atoms with Crippen LogP contribution in [0.25, 0.3) is 10.2 Å². The average Bonchev–Trinajstić information content (AvgIpc) is 3.38. The monoisotopic (exact) mass is 574 g/mol. The Labute approximate surface area is 237 Å². The Morgan fingerprint density at radius 3 is 2.10 bits per heavy atom. The number of anilines is 1. The molecule has 0 saturated heterocycles. The number of ether oxygens (including phenoxy) is 1. The van der Waals surface area contributed by atoms with Crippen LogP contribution in [0, 0.1) is 0 Å². The fraction of sp³-hybridized carbons (Fsp3) is 0.517. The van der Waals surface area contributed by atoms with Crippen LogP contribution in [0.5, 0.6) is 5.75 Å². The molecule has 10 heteroatoms. The predicted octanol–water partition coefficient (Wildman–Crippen LogP) is 5.88. The number of carbonyl (C=O) groups is 1. The third-order valence-electron chi connectivity index (χ3n) is 6.86. The van der Waals surface area contributed by atoms with Crippen molar-refractivity contribution in [3.8, 4) is 5.75 Å². The Bertz CT molecular complexity index is 1300. The van der Waals surface area contributed by atoms with Crippen molar-refractivity contribution in [2.45, 2.75) is 58.3 Å². The molecule has 0 fully saturated rings. The normalized spacial score (nSPS) is 12.0. The number of hydrogen-bond donors (Lipinski definition) is 0. The molecular weight excluding hydrogens is 532 g/mol. The number of nitrogens with zero attached hydrogens (tertiary/aromatic N) is 4. The number of likely N-dealkylation sites (N-methyl/N-ethyl adjacent to an activating group) is 1. The highest BCUT2D eigenvalue weighted by molar-refractivity contribution is 7.89. The van der Waals surface area contributed by atoms with E-state index in [1.807, 2.05) is 18.2 Å². The summed E-state index contributed by atoms with van der Waals surface area (Å²) in [5.41, 5.74) is 1.23. The first kappa shape index (κ1) is 31.0. The first-order valence-electron chi connectivity index (χ1n) is 13.9. The van der Waals surface area contributed by atoms with Crippen molar-refractivity contribution < 1.29 is 17.9 Å². The van der Waals surface area contributed by atoms with E-state index in [1.165, 1.54) is 11.3 Å². The molecule has 214 valence electrons. The summed E-state index contributed by atoms with van der Waals surface area (Å²) in [6, 6.07) is 12.0. The molecule has 0 N–H and O–H groups in total. The summed E-state index contributed by atoms with van der Waals surface area (Å²) in [7, 11) is -2.01. The number of benzene rings is 2. The summed E-state index contributed by atoms with van der Waals surface area (Å²) >= 11 is 1.44. The predicted molar refractivity (Wildman–Crippen MR) is 161 cm³/mol. The van der Waals surface area contributed by atoms with Crippen LogP contribution in [-0.2, 0) is 10.0 Å². The lowest BCUT2D eigenvalue weighted by atomic mass is 10.2. The summed E-state index contributed by atoms with van der Waals surface area (Å²) in [5, 5.41) is 0.609. The summed E-state index contributed by atoms with van der Waals surface area (Å²) < 4.78 is 34.6. The van der Waals surface area contributed by atoms with Gasteiger partial charge in [-0.2, -0.15) is 4.31 Å². The van der Waals surface area contributed by atoms with Crippen LogP contribution in [0.1, 0.15) is 63.7 Å². The van der Waals surface area contributed by atoms with Crippen molar-refractivity contribution in [3.05, 3.63) is 48.0 Å². The van der Waals surface area contributed by atoms with Crippen LogP contribution in [-0.4, -0.2) is 74.9 Å². The second-order valence-corrected chi connectivity index (χ2v) is 12.4. The van der Waals surface area contributed by atoms with Crippen molar-refractivity contribution in [2.75, 3.05) is 51.3 Å². The first-order chi connectivity index (χ1) is 18.8. The highest BCUT2D eigenvalue weighted by Gasteiger charge is 2.26. The summed E-state index contributed by atoms with van der Waals surface area (Å²) in [6.07, 6.45) is 3.48. The quantitative estimate of drug-likeness (QED) is 0.212. The first-order valence-corrected chi connectivity index (χ1v) is 16.1. The van der Waals surface area contributed by atoms with E-state index in [0.29, 0.717) is 36.9 Å². The Kier molecular flexibility index (Phi) is 11.7. The number of amides is 1. The third kappa shape index (κ3) is 7.78. The molecule has 1 amide bonds. The smallest absolute Gasteiger partial charge is 0.260 e. The number of fused-ring (bicyclic) bond motifs is 1. The molecule has 3 rings (SSSR count). The van der Waals surface area contributed by atoms with E-state index in [4.69, 9.17) is 9.72 Å². The van der Waals surface area contributed by atoms with Crippen molar-refractivity contribution in [2.24, 2.45) is 0 Å². The summed E-state index contributed by atoms with van der Waals surface area (Å²) in [6.45, 7) is 12.3. The van der Waals surface area contributed by atoms with Crippen LogP contribution >= 0.6 is 11.3 Å². The van der Waals surface area contributed by atoms with Gasteiger partial charge in [0, 0.05) is 31.7 Å². The molecule has 0 bridgehead atoms. The number of unbranched alkanes of at least 4 members (excludes halogenated alkanes) is 2. The molecule has 3 aromatic rings. The number of rotatable bonds is 16. The highest BCUT2D eigenvalue weighted by Crippen LogP contribution is 2.32. The second kappa shape index (κ2) is 14.7. The fourth-order valence-corrected chi connectivity index (χ4v) is 6.83. The molecular formula is C29H42N4O4S2. The van der Waals surface area contributed by atoms with Gasteiger partial charge in [0.2, 0.25) is 10.0 Å². The van der Waals surface area contributed by atoms with Crippen LogP contribution in [0.15, 0.2) is 47.4 Å². The third-order valence-corrected chi connectivity index (χ3v) is 9.81. The lowest BCUT2D eigenvalue weighted by Gasteiger charge is -2.25. The zero-order valence-corrected chi connectivity index (χ0v) is 25.5. The zero-order chi connectivity index (χ0) is 28.4. The van der Waals surface area contributed by atoms with E-state index in [-0.39, 0.29) is 10.8 Å². The number of carbonyl (C=O) groups excluding carboxylic acids is 1. The van der Waals surface area contributed by atoms with Gasteiger partial charge in [0.05, 0.1) is 22.2 Å². The van der Waals surface area contributed by atoms with Gasteiger partial charge in [-0.1, -0.05) is 51.9 Å². The van der Waals surface area contributed by atoms with Gasteiger partial charge in [0.1, 0.15) is 5.75 Å². The van der Waals surface area contributed by atoms with Gasteiger partial charge in [0.25, 0.3) is 5.91 Å². The maximum absolute atomic E-state index is 13.8. The second-order valence-electron chi connectivity index (χ2n) is 9.45. The maximum atomic E-state index is 13.8. The number of sulfonamides is 1. The standard InChI is InChI=1S/C29H42N4O4S2/c1-6-10-18-32(19-11-7-2)39(35,36)25-15-12-23(13-16-25)28(34)33(21-20-31(8-3)9-4)29-30-26-17-14-24(37-5)22-27(26)38-29/h12-17,22H,6-11,18-21H2,1-5H3. The van der Waals surface area contributed by atoms with E-state index in [2.05, 4.69) is 32.6 Å². The SMILES string of the molecule is CCCCN(CCCC)S(=O)(=O)c1ccc(C(=O)N(CCN(CC)CC)c2nc3ccc(OC)cc3s2)cc1. The molecule has 0 unspecified atom stereocenters. The van der Waals surface area contributed by atoms with Gasteiger partial charge in [-0.3, -0.25) is 9.69 Å². The zero-order valence-electron chi connectivity index (χ0n) is 23.9. The van der Waals surface area contributed by atoms with Crippen molar-refractivity contribution in [3.63, 3.8) is 0 Å². The number of methoxy groups -OCH3 is 1. The summed E-state index contributed by atoms with van der Waals surface area (Å²) in [4.78, 5) is 22.7.